The molecule has 0 spiro atoms. The Bertz CT molecular complexity index is 225. The molecule has 0 heterocycles. The molecule has 0 amide bonds. The second-order valence-electron chi connectivity index (χ2n) is 2.24. The van der Waals surface area contributed by atoms with Crippen LogP contribution in [0.15, 0.2) is 24.3 Å². The molecule has 0 fully saturated rings. The highest BCUT2D eigenvalue weighted by atomic mass is 16.6. The maximum Gasteiger partial charge on any atom is 0.0933 e. The minimum absolute atomic E-state index is 0.0273. The predicted molar refractivity (Wildman–Crippen MR) is 41.3 cm³/mol. The van der Waals surface area contributed by atoms with Gasteiger partial charge in [-0.15, -0.1) is 0 Å². The second kappa shape index (κ2) is 4.08. The molecule has 11 heavy (non-hydrogen) atoms. The molecular weight excluding hydrogens is 142 g/mol. The smallest absolute Gasteiger partial charge is 0.0933 e. The summed E-state index contributed by atoms with van der Waals surface area (Å²) in [6, 6.07) is 7.46. The van der Waals surface area contributed by atoms with Crippen molar-refractivity contribution in [3.63, 3.8) is 0 Å². The largest absolute Gasteiger partial charge is 0.392 e. The first-order valence-corrected chi connectivity index (χ1v) is 3.38. The lowest BCUT2D eigenvalue weighted by Crippen LogP contribution is -2.01. The summed E-state index contributed by atoms with van der Waals surface area (Å²) in [7, 11) is 0. The van der Waals surface area contributed by atoms with Gasteiger partial charge in [0.25, 0.3) is 0 Å². The summed E-state index contributed by atoms with van der Waals surface area (Å²) in [5.74, 6) is 4.90. The van der Waals surface area contributed by atoms with Crippen molar-refractivity contribution in [2.24, 2.45) is 5.90 Å². The highest BCUT2D eigenvalue weighted by Gasteiger charge is 1.98. The van der Waals surface area contributed by atoms with E-state index in [0.29, 0.717) is 6.61 Å². The normalized spacial score (nSPS) is 10.0. The van der Waals surface area contributed by atoms with Crippen LogP contribution in [0.2, 0.25) is 0 Å². The Kier molecular flexibility index (Phi) is 3.04. The SMILES string of the molecule is NOCc1ccccc1CO. The Balaban J connectivity index is 2.83. The van der Waals surface area contributed by atoms with Crippen LogP contribution in [0.25, 0.3) is 0 Å². The Labute approximate surface area is 65.4 Å². The van der Waals surface area contributed by atoms with E-state index < -0.39 is 0 Å². The van der Waals surface area contributed by atoms with Crippen molar-refractivity contribution in [1.82, 2.24) is 0 Å². The average molecular weight is 153 g/mol. The molecule has 0 aromatic heterocycles. The lowest BCUT2D eigenvalue weighted by atomic mass is 10.1. The third-order valence-corrected chi connectivity index (χ3v) is 1.53. The summed E-state index contributed by atoms with van der Waals surface area (Å²) in [6.45, 7) is 0.371. The fraction of sp³-hybridized carbons (Fsp3) is 0.250. The molecule has 0 unspecified atom stereocenters. The van der Waals surface area contributed by atoms with Gasteiger partial charge in [0.15, 0.2) is 0 Å². The van der Waals surface area contributed by atoms with E-state index in [2.05, 4.69) is 4.84 Å². The lowest BCUT2D eigenvalue weighted by Gasteiger charge is -2.03. The van der Waals surface area contributed by atoms with Crippen molar-refractivity contribution in [1.29, 1.82) is 0 Å². The molecule has 3 nitrogen and oxygen atoms in total. The third kappa shape index (κ3) is 2.01. The zero-order chi connectivity index (χ0) is 8.10. The second-order valence-corrected chi connectivity index (χ2v) is 2.24. The van der Waals surface area contributed by atoms with Crippen molar-refractivity contribution in [2.45, 2.75) is 13.2 Å². The molecule has 0 bridgehead atoms. The van der Waals surface area contributed by atoms with Gasteiger partial charge in [0, 0.05) is 0 Å². The molecule has 1 rings (SSSR count). The van der Waals surface area contributed by atoms with Crippen LogP contribution in [0.1, 0.15) is 11.1 Å². The number of aliphatic hydroxyl groups excluding tert-OH is 1. The number of nitrogens with two attached hydrogens (primary N) is 1. The minimum Gasteiger partial charge on any atom is -0.392 e. The monoisotopic (exact) mass is 153 g/mol. The summed E-state index contributed by atoms with van der Waals surface area (Å²) >= 11 is 0. The number of aliphatic hydroxyl groups is 1. The molecule has 0 aliphatic carbocycles. The van der Waals surface area contributed by atoms with Crippen LogP contribution in [0.3, 0.4) is 0 Å². The molecule has 1 aromatic rings. The predicted octanol–water partition coefficient (Wildman–Crippen LogP) is 0.569. The molecule has 0 atom stereocenters. The van der Waals surface area contributed by atoms with Crippen LogP contribution in [-0.2, 0) is 18.1 Å². The number of benzene rings is 1. The number of hydrogen-bond acceptors (Lipinski definition) is 3. The minimum atomic E-state index is 0.0273. The maximum absolute atomic E-state index is 8.85. The fourth-order valence-electron chi connectivity index (χ4n) is 0.942. The van der Waals surface area contributed by atoms with E-state index in [0.717, 1.165) is 11.1 Å². The van der Waals surface area contributed by atoms with Gasteiger partial charge in [-0.1, -0.05) is 24.3 Å². The van der Waals surface area contributed by atoms with Crippen LogP contribution in [0.5, 0.6) is 0 Å². The van der Waals surface area contributed by atoms with E-state index in [9.17, 15) is 0 Å². The van der Waals surface area contributed by atoms with Gasteiger partial charge < -0.3 is 5.11 Å². The summed E-state index contributed by atoms with van der Waals surface area (Å²) in [5, 5.41) is 8.85. The van der Waals surface area contributed by atoms with Crippen molar-refractivity contribution in [2.75, 3.05) is 0 Å². The first kappa shape index (κ1) is 8.20. The molecule has 3 heteroatoms. The Morgan fingerprint density at radius 2 is 1.91 bits per heavy atom. The lowest BCUT2D eigenvalue weighted by molar-refractivity contribution is 0.122. The molecule has 3 N–H and O–H groups in total. The first-order chi connectivity index (χ1) is 5.38. The molecule has 0 aliphatic heterocycles. The first-order valence-electron chi connectivity index (χ1n) is 3.38. The van der Waals surface area contributed by atoms with E-state index in [4.69, 9.17) is 11.0 Å². The molecule has 1 aromatic carbocycles. The zero-order valence-electron chi connectivity index (χ0n) is 6.16. The summed E-state index contributed by atoms with van der Waals surface area (Å²) in [5.41, 5.74) is 1.79. The number of rotatable bonds is 3. The standard InChI is InChI=1S/C8H11NO2/c9-11-6-8-4-2-1-3-7(8)5-10/h1-4,10H,5-6,9H2. The van der Waals surface area contributed by atoms with Crippen molar-refractivity contribution >= 4 is 0 Å². The van der Waals surface area contributed by atoms with Gasteiger partial charge in [-0.25, -0.2) is 5.90 Å². The summed E-state index contributed by atoms with van der Waals surface area (Å²) in [4.78, 5) is 4.46. The third-order valence-electron chi connectivity index (χ3n) is 1.53. The quantitative estimate of drug-likeness (QED) is 0.624. The van der Waals surface area contributed by atoms with Crippen molar-refractivity contribution in [3.8, 4) is 0 Å². The van der Waals surface area contributed by atoms with Crippen molar-refractivity contribution < 1.29 is 9.94 Å². The highest BCUT2D eigenvalue weighted by Crippen LogP contribution is 2.08. The molecule has 0 radical (unpaired) electrons. The van der Waals surface area contributed by atoms with Gasteiger partial charge in [0.1, 0.15) is 0 Å². The Morgan fingerprint density at radius 3 is 2.45 bits per heavy atom. The van der Waals surface area contributed by atoms with E-state index in [1.54, 1.807) is 0 Å². The maximum atomic E-state index is 8.85. The highest BCUT2D eigenvalue weighted by molar-refractivity contribution is 5.25. The summed E-state index contributed by atoms with van der Waals surface area (Å²) in [6.07, 6.45) is 0. The van der Waals surface area contributed by atoms with Gasteiger partial charge in [0.05, 0.1) is 13.2 Å². The molecule has 0 saturated carbocycles. The zero-order valence-corrected chi connectivity index (χ0v) is 6.16. The topological polar surface area (TPSA) is 55.5 Å². The Morgan fingerprint density at radius 1 is 1.27 bits per heavy atom. The van der Waals surface area contributed by atoms with Crippen LogP contribution >= 0.6 is 0 Å². The Hall–Kier alpha value is -0.900. The van der Waals surface area contributed by atoms with E-state index in [1.165, 1.54) is 0 Å². The van der Waals surface area contributed by atoms with Crippen LogP contribution in [0.4, 0.5) is 0 Å². The molecular formula is C8H11NO2. The summed E-state index contributed by atoms with van der Waals surface area (Å²) < 4.78 is 0. The van der Waals surface area contributed by atoms with Crippen LogP contribution in [-0.4, -0.2) is 5.11 Å². The van der Waals surface area contributed by atoms with Crippen LogP contribution < -0.4 is 5.90 Å². The van der Waals surface area contributed by atoms with Gasteiger partial charge in [0.2, 0.25) is 0 Å². The fourth-order valence-corrected chi connectivity index (χ4v) is 0.942. The van der Waals surface area contributed by atoms with Crippen molar-refractivity contribution in [3.05, 3.63) is 35.4 Å². The van der Waals surface area contributed by atoms with E-state index in [1.807, 2.05) is 24.3 Å². The van der Waals surface area contributed by atoms with Gasteiger partial charge in [-0.3, -0.25) is 4.84 Å². The van der Waals surface area contributed by atoms with Gasteiger partial charge in [-0.05, 0) is 11.1 Å². The van der Waals surface area contributed by atoms with E-state index in [-0.39, 0.29) is 6.61 Å². The van der Waals surface area contributed by atoms with Crippen LogP contribution in [0, 0.1) is 0 Å². The van der Waals surface area contributed by atoms with E-state index >= 15 is 0 Å². The van der Waals surface area contributed by atoms with Gasteiger partial charge >= 0.3 is 0 Å². The average Bonchev–Trinajstić information content (AvgIpc) is 2.06. The molecule has 0 aliphatic rings. The molecule has 0 saturated heterocycles. The number of hydrogen-bond donors (Lipinski definition) is 2. The van der Waals surface area contributed by atoms with Gasteiger partial charge in [-0.2, -0.15) is 0 Å². The molecule has 60 valence electrons.